The van der Waals surface area contributed by atoms with Crippen molar-refractivity contribution < 1.29 is 14.3 Å². The third kappa shape index (κ3) is 2.85. The van der Waals surface area contributed by atoms with Gasteiger partial charge in [-0.05, 0) is 49.7 Å². The van der Waals surface area contributed by atoms with E-state index in [4.69, 9.17) is 16.3 Å². The van der Waals surface area contributed by atoms with Gasteiger partial charge in [-0.25, -0.2) is 4.98 Å². The summed E-state index contributed by atoms with van der Waals surface area (Å²) in [6, 6.07) is 8.30. The second-order valence-corrected chi connectivity index (χ2v) is 5.84. The summed E-state index contributed by atoms with van der Waals surface area (Å²) in [7, 11) is 0. The summed E-state index contributed by atoms with van der Waals surface area (Å²) in [5.74, 6) is -0.440. The predicted octanol–water partition coefficient (Wildman–Crippen LogP) is 2.77. The number of rotatable bonds is 2. The van der Waals surface area contributed by atoms with Crippen LogP contribution >= 0.6 is 11.6 Å². The molecule has 2 amide bonds. The Balaban J connectivity index is 1.87. The van der Waals surface area contributed by atoms with Gasteiger partial charge in [-0.1, -0.05) is 11.6 Å². The van der Waals surface area contributed by atoms with Gasteiger partial charge in [0.05, 0.1) is 5.69 Å². The minimum absolute atomic E-state index is 0.356. The molecule has 0 aliphatic carbocycles. The lowest BCUT2D eigenvalue weighted by Crippen LogP contribution is -2.56. The number of ether oxygens (including phenoxy) is 1. The highest BCUT2D eigenvalue weighted by Crippen LogP contribution is 2.35. The maximum Gasteiger partial charge on any atom is 0.279 e. The highest BCUT2D eigenvalue weighted by atomic mass is 35.5. The number of benzene rings is 1. The van der Waals surface area contributed by atoms with E-state index < -0.39 is 17.4 Å². The zero-order chi connectivity index (χ0) is 16.6. The zero-order valence-corrected chi connectivity index (χ0v) is 13.3. The molecule has 0 fully saturated rings. The van der Waals surface area contributed by atoms with Crippen LogP contribution in [-0.4, -0.2) is 22.4 Å². The van der Waals surface area contributed by atoms with Crippen LogP contribution in [0.1, 0.15) is 12.5 Å². The van der Waals surface area contributed by atoms with E-state index in [2.05, 4.69) is 15.6 Å². The van der Waals surface area contributed by atoms with E-state index in [1.54, 1.807) is 36.5 Å². The van der Waals surface area contributed by atoms with Crippen molar-refractivity contribution in [1.29, 1.82) is 0 Å². The molecule has 0 radical (unpaired) electrons. The normalized spacial score (nSPS) is 19.3. The lowest BCUT2D eigenvalue weighted by molar-refractivity contribution is -0.143. The zero-order valence-electron chi connectivity index (χ0n) is 12.5. The fraction of sp³-hybridized carbons (Fsp3) is 0.188. The number of fused-ring (bicyclic) bond motifs is 1. The molecule has 1 aromatic heterocycles. The first-order valence-electron chi connectivity index (χ1n) is 6.92. The van der Waals surface area contributed by atoms with Gasteiger partial charge in [0.2, 0.25) is 0 Å². The number of aryl methyl sites for hydroxylation is 1. The molecule has 2 N–H and O–H groups in total. The molecule has 1 unspecified atom stereocenters. The van der Waals surface area contributed by atoms with Gasteiger partial charge in [0.15, 0.2) is 0 Å². The number of halogens is 1. The Morgan fingerprint density at radius 3 is 2.87 bits per heavy atom. The van der Waals surface area contributed by atoms with E-state index in [1.165, 1.54) is 6.92 Å². The van der Waals surface area contributed by atoms with Crippen molar-refractivity contribution in [3.8, 4) is 5.75 Å². The Morgan fingerprint density at radius 1 is 1.35 bits per heavy atom. The molecule has 0 spiro atoms. The van der Waals surface area contributed by atoms with Crippen LogP contribution in [-0.2, 0) is 9.59 Å². The maximum absolute atomic E-state index is 12.5. The second kappa shape index (κ2) is 5.55. The van der Waals surface area contributed by atoms with Crippen molar-refractivity contribution in [3.05, 3.63) is 47.1 Å². The first kappa shape index (κ1) is 15.3. The molecule has 7 heteroatoms. The topological polar surface area (TPSA) is 80.3 Å². The summed E-state index contributed by atoms with van der Waals surface area (Å²) in [5, 5.41) is 5.71. The van der Waals surface area contributed by atoms with Crippen molar-refractivity contribution in [2.45, 2.75) is 19.4 Å². The van der Waals surface area contributed by atoms with E-state index in [-0.39, 0.29) is 0 Å². The van der Waals surface area contributed by atoms with Crippen LogP contribution < -0.4 is 15.4 Å². The minimum Gasteiger partial charge on any atom is -0.466 e. The number of carbonyl (C=O) groups excluding carboxylic acids is 2. The lowest BCUT2D eigenvalue weighted by atomic mass is 10.0. The molecule has 1 atom stereocenters. The standard InChI is InChI=1S/C16H14ClN3O3/c1-9-5-6-18-13(7-9)20-15(22)16(2)14(21)19-11-8-10(17)3-4-12(11)23-16/h3-8H,1-2H3,(H,19,21)(H,18,20,22). The summed E-state index contributed by atoms with van der Waals surface area (Å²) < 4.78 is 5.64. The van der Waals surface area contributed by atoms with Crippen LogP contribution in [0.25, 0.3) is 0 Å². The number of pyridine rings is 1. The molecule has 6 nitrogen and oxygen atoms in total. The van der Waals surface area contributed by atoms with E-state index in [9.17, 15) is 9.59 Å². The van der Waals surface area contributed by atoms with Crippen LogP contribution in [0.3, 0.4) is 0 Å². The van der Waals surface area contributed by atoms with Crippen molar-refractivity contribution in [3.63, 3.8) is 0 Å². The summed E-state index contributed by atoms with van der Waals surface area (Å²) in [4.78, 5) is 28.9. The molecule has 1 aliphatic heterocycles. The van der Waals surface area contributed by atoms with Gasteiger partial charge in [-0.15, -0.1) is 0 Å². The Bertz CT molecular complexity index is 809. The Morgan fingerprint density at radius 2 is 2.13 bits per heavy atom. The van der Waals surface area contributed by atoms with E-state index in [0.29, 0.717) is 22.3 Å². The van der Waals surface area contributed by atoms with E-state index in [1.807, 2.05) is 6.92 Å². The number of aromatic nitrogens is 1. The van der Waals surface area contributed by atoms with Crippen LogP contribution in [0.15, 0.2) is 36.5 Å². The molecule has 118 valence electrons. The predicted molar refractivity (Wildman–Crippen MR) is 86.7 cm³/mol. The fourth-order valence-electron chi connectivity index (χ4n) is 2.19. The van der Waals surface area contributed by atoms with Gasteiger partial charge in [0.1, 0.15) is 11.6 Å². The van der Waals surface area contributed by atoms with Crippen LogP contribution in [0.5, 0.6) is 5.75 Å². The molecule has 23 heavy (non-hydrogen) atoms. The van der Waals surface area contributed by atoms with Gasteiger partial charge >= 0.3 is 0 Å². The summed E-state index contributed by atoms with van der Waals surface area (Å²) in [6.45, 7) is 3.29. The number of hydrogen-bond acceptors (Lipinski definition) is 4. The maximum atomic E-state index is 12.5. The van der Waals surface area contributed by atoms with Crippen LogP contribution in [0.4, 0.5) is 11.5 Å². The molecule has 3 rings (SSSR count). The number of anilines is 2. The SMILES string of the molecule is Cc1ccnc(NC(=O)C2(C)Oc3ccc(Cl)cc3NC2=O)c1. The van der Waals surface area contributed by atoms with Crippen molar-refractivity contribution in [2.24, 2.45) is 0 Å². The Kier molecular flexibility index (Phi) is 3.69. The lowest BCUT2D eigenvalue weighted by Gasteiger charge is -2.33. The van der Waals surface area contributed by atoms with Gasteiger partial charge in [-0.3, -0.25) is 9.59 Å². The third-order valence-corrected chi connectivity index (χ3v) is 3.76. The van der Waals surface area contributed by atoms with E-state index in [0.717, 1.165) is 5.56 Å². The Hall–Kier alpha value is -2.60. The quantitative estimate of drug-likeness (QED) is 0.829. The molecule has 2 heterocycles. The number of carbonyl (C=O) groups is 2. The van der Waals surface area contributed by atoms with Crippen molar-refractivity contribution >= 4 is 34.9 Å². The molecule has 1 aliphatic rings. The number of nitrogens with one attached hydrogen (secondary N) is 2. The molecule has 0 bridgehead atoms. The van der Waals surface area contributed by atoms with E-state index >= 15 is 0 Å². The minimum atomic E-state index is -1.70. The summed E-state index contributed by atoms with van der Waals surface area (Å²) in [6.07, 6.45) is 1.58. The molecule has 1 aromatic carbocycles. The van der Waals surface area contributed by atoms with Gasteiger partial charge in [0.25, 0.3) is 17.4 Å². The molecular formula is C16H14ClN3O3. The average molecular weight is 332 g/mol. The second-order valence-electron chi connectivity index (χ2n) is 5.40. The molecule has 0 saturated heterocycles. The van der Waals surface area contributed by atoms with Crippen molar-refractivity contribution in [1.82, 2.24) is 4.98 Å². The molecular weight excluding hydrogens is 318 g/mol. The highest BCUT2D eigenvalue weighted by Gasteiger charge is 2.47. The monoisotopic (exact) mass is 331 g/mol. The summed E-state index contributed by atoms with van der Waals surface area (Å²) in [5.41, 5.74) is -0.331. The fourth-order valence-corrected chi connectivity index (χ4v) is 2.36. The van der Waals surface area contributed by atoms with Crippen LogP contribution in [0.2, 0.25) is 5.02 Å². The largest absolute Gasteiger partial charge is 0.466 e. The first-order valence-corrected chi connectivity index (χ1v) is 7.30. The molecule has 2 aromatic rings. The smallest absolute Gasteiger partial charge is 0.279 e. The van der Waals surface area contributed by atoms with Gasteiger partial charge < -0.3 is 15.4 Å². The number of nitrogens with zero attached hydrogens (tertiary/aromatic N) is 1. The number of hydrogen-bond donors (Lipinski definition) is 2. The first-order chi connectivity index (χ1) is 10.9. The van der Waals surface area contributed by atoms with Crippen molar-refractivity contribution in [2.75, 3.05) is 10.6 Å². The van der Waals surface area contributed by atoms with Gasteiger partial charge in [-0.2, -0.15) is 0 Å². The number of amides is 2. The third-order valence-electron chi connectivity index (χ3n) is 3.53. The average Bonchev–Trinajstić information content (AvgIpc) is 2.49. The highest BCUT2D eigenvalue weighted by molar-refractivity contribution is 6.31. The van der Waals surface area contributed by atoms with Crippen LogP contribution in [0, 0.1) is 6.92 Å². The summed E-state index contributed by atoms with van der Waals surface area (Å²) >= 11 is 5.89. The van der Waals surface area contributed by atoms with Gasteiger partial charge in [0, 0.05) is 11.2 Å². The Labute approximate surface area is 137 Å². The molecule has 0 saturated carbocycles.